The van der Waals surface area contributed by atoms with Crippen molar-refractivity contribution >= 4 is 21.8 Å². The smallest absolute Gasteiger partial charge is 0.227 e. The van der Waals surface area contributed by atoms with E-state index < -0.39 is 0 Å². The van der Waals surface area contributed by atoms with Gasteiger partial charge in [0.05, 0.1) is 12.0 Å². The quantitative estimate of drug-likeness (QED) is 0.888. The van der Waals surface area contributed by atoms with Crippen molar-refractivity contribution in [1.82, 2.24) is 10.2 Å². The lowest BCUT2D eigenvalue weighted by atomic mass is 9.78. The molecule has 1 amide bonds. The van der Waals surface area contributed by atoms with Crippen LogP contribution in [0.4, 0.5) is 0 Å². The number of hydrogen-bond acceptors (Lipinski definition) is 2. The van der Waals surface area contributed by atoms with Gasteiger partial charge in [-0.2, -0.15) is 0 Å². The molecule has 0 radical (unpaired) electrons. The van der Waals surface area contributed by atoms with Gasteiger partial charge >= 0.3 is 0 Å². The first-order valence-electron chi connectivity index (χ1n) is 7.95. The maximum Gasteiger partial charge on any atom is 0.227 e. The molecule has 1 spiro atoms. The van der Waals surface area contributed by atoms with E-state index in [9.17, 15) is 4.79 Å². The molecule has 1 saturated carbocycles. The number of nitrogens with zero attached hydrogens (tertiary/aromatic N) is 1. The fourth-order valence-corrected chi connectivity index (χ4v) is 4.25. The predicted octanol–water partition coefficient (Wildman–Crippen LogP) is 3.13. The van der Waals surface area contributed by atoms with Crippen LogP contribution in [0.25, 0.3) is 0 Å². The van der Waals surface area contributed by atoms with Crippen molar-refractivity contribution in [3.8, 4) is 0 Å². The number of nitrogens with one attached hydrogen (secondary N) is 1. The van der Waals surface area contributed by atoms with Crippen LogP contribution in [-0.4, -0.2) is 36.0 Å². The summed E-state index contributed by atoms with van der Waals surface area (Å²) in [4.78, 5) is 15.0. The standard InChI is InChI=1S/C17H23BrN2O/c18-15-6-4-5-14(11-15)12-16(21)20-10-9-19-13-17(20)7-2-1-3-8-17/h4-6,11,19H,1-3,7-10,12-13H2. The minimum absolute atomic E-state index is 0.0829. The number of carbonyl (C=O) groups is 1. The summed E-state index contributed by atoms with van der Waals surface area (Å²) in [5, 5.41) is 3.50. The Kier molecular flexibility index (Phi) is 4.65. The number of halogens is 1. The van der Waals surface area contributed by atoms with Crippen molar-refractivity contribution in [1.29, 1.82) is 0 Å². The Bertz CT molecular complexity index is 503. The molecule has 114 valence electrons. The number of rotatable bonds is 2. The van der Waals surface area contributed by atoms with Crippen molar-refractivity contribution < 1.29 is 4.79 Å². The van der Waals surface area contributed by atoms with E-state index in [1.54, 1.807) is 0 Å². The molecule has 0 bridgehead atoms. The molecule has 1 N–H and O–H groups in total. The van der Waals surface area contributed by atoms with Gasteiger partial charge in [-0.1, -0.05) is 47.3 Å². The Hall–Kier alpha value is -0.870. The molecule has 1 aliphatic heterocycles. The zero-order chi connectivity index (χ0) is 14.7. The molecule has 3 rings (SSSR count). The van der Waals surface area contributed by atoms with Gasteiger partial charge < -0.3 is 10.2 Å². The molecule has 1 aliphatic carbocycles. The first-order chi connectivity index (χ1) is 10.2. The van der Waals surface area contributed by atoms with Crippen LogP contribution in [0.2, 0.25) is 0 Å². The van der Waals surface area contributed by atoms with Crippen LogP contribution >= 0.6 is 15.9 Å². The van der Waals surface area contributed by atoms with Gasteiger partial charge in [-0.3, -0.25) is 4.79 Å². The topological polar surface area (TPSA) is 32.3 Å². The molecule has 0 aromatic heterocycles. The highest BCUT2D eigenvalue weighted by molar-refractivity contribution is 9.10. The van der Waals surface area contributed by atoms with E-state index in [0.717, 1.165) is 42.5 Å². The third-order valence-electron chi connectivity index (χ3n) is 4.87. The fourth-order valence-electron chi connectivity index (χ4n) is 3.81. The number of hydrogen-bond donors (Lipinski definition) is 1. The summed E-state index contributed by atoms with van der Waals surface area (Å²) in [6, 6.07) is 8.09. The average Bonchev–Trinajstić information content (AvgIpc) is 2.48. The largest absolute Gasteiger partial charge is 0.334 e. The molecular formula is C17H23BrN2O. The minimum atomic E-state index is 0.0829. The van der Waals surface area contributed by atoms with Gasteiger partial charge in [0.15, 0.2) is 0 Å². The van der Waals surface area contributed by atoms with Crippen LogP contribution in [-0.2, 0) is 11.2 Å². The Morgan fingerprint density at radius 2 is 2.10 bits per heavy atom. The first kappa shape index (κ1) is 15.0. The summed E-state index contributed by atoms with van der Waals surface area (Å²) in [6.07, 6.45) is 6.65. The van der Waals surface area contributed by atoms with E-state index in [-0.39, 0.29) is 11.4 Å². The third kappa shape index (κ3) is 3.32. The molecule has 0 unspecified atom stereocenters. The normalized spacial score (nSPS) is 21.5. The van der Waals surface area contributed by atoms with Crippen LogP contribution < -0.4 is 5.32 Å². The second kappa shape index (κ2) is 6.49. The summed E-state index contributed by atoms with van der Waals surface area (Å²) in [5.41, 5.74) is 1.18. The Morgan fingerprint density at radius 3 is 2.86 bits per heavy atom. The van der Waals surface area contributed by atoms with Crippen molar-refractivity contribution in [2.75, 3.05) is 19.6 Å². The summed E-state index contributed by atoms with van der Waals surface area (Å²) in [5.74, 6) is 0.288. The number of carbonyl (C=O) groups excluding carboxylic acids is 1. The van der Waals surface area contributed by atoms with Gasteiger partial charge in [-0.15, -0.1) is 0 Å². The van der Waals surface area contributed by atoms with Crippen LogP contribution in [0.15, 0.2) is 28.7 Å². The van der Waals surface area contributed by atoms with Crippen molar-refractivity contribution in [2.45, 2.75) is 44.1 Å². The van der Waals surface area contributed by atoms with Crippen molar-refractivity contribution in [3.63, 3.8) is 0 Å². The van der Waals surface area contributed by atoms with E-state index in [1.165, 1.54) is 19.3 Å². The highest BCUT2D eigenvalue weighted by atomic mass is 79.9. The van der Waals surface area contributed by atoms with Crippen LogP contribution in [0.1, 0.15) is 37.7 Å². The lowest BCUT2D eigenvalue weighted by Crippen LogP contribution is -2.63. The molecule has 0 atom stereocenters. The van der Waals surface area contributed by atoms with E-state index in [1.807, 2.05) is 24.3 Å². The molecule has 1 aromatic carbocycles. The third-order valence-corrected chi connectivity index (χ3v) is 5.36. The van der Waals surface area contributed by atoms with E-state index in [0.29, 0.717) is 6.42 Å². The highest BCUT2D eigenvalue weighted by Crippen LogP contribution is 2.35. The van der Waals surface area contributed by atoms with Crippen LogP contribution in [0.3, 0.4) is 0 Å². The van der Waals surface area contributed by atoms with Gasteiger partial charge in [0.1, 0.15) is 0 Å². The van der Waals surface area contributed by atoms with E-state index in [2.05, 4.69) is 26.1 Å². The Balaban J connectivity index is 1.75. The summed E-state index contributed by atoms with van der Waals surface area (Å²) in [6.45, 7) is 2.75. The van der Waals surface area contributed by atoms with E-state index in [4.69, 9.17) is 0 Å². The van der Waals surface area contributed by atoms with Crippen LogP contribution in [0.5, 0.6) is 0 Å². The van der Waals surface area contributed by atoms with Gasteiger partial charge in [0.2, 0.25) is 5.91 Å². The predicted molar refractivity (Wildman–Crippen MR) is 88.2 cm³/mol. The van der Waals surface area contributed by atoms with Crippen LogP contribution in [0, 0.1) is 0 Å². The second-order valence-electron chi connectivity index (χ2n) is 6.31. The molecule has 1 saturated heterocycles. The lowest BCUT2D eigenvalue weighted by Gasteiger charge is -2.50. The number of piperazine rings is 1. The number of amides is 1. The Labute approximate surface area is 135 Å². The Morgan fingerprint density at radius 1 is 1.29 bits per heavy atom. The van der Waals surface area contributed by atoms with Gasteiger partial charge in [0.25, 0.3) is 0 Å². The molecule has 21 heavy (non-hydrogen) atoms. The van der Waals surface area contributed by atoms with Gasteiger partial charge in [0, 0.05) is 24.1 Å². The van der Waals surface area contributed by atoms with Gasteiger partial charge in [-0.25, -0.2) is 0 Å². The zero-order valence-corrected chi connectivity index (χ0v) is 14.0. The summed E-state index contributed by atoms with van der Waals surface area (Å²) in [7, 11) is 0. The minimum Gasteiger partial charge on any atom is -0.334 e. The first-order valence-corrected chi connectivity index (χ1v) is 8.75. The molecule has 4 heteroatoms. The molecule has 2 fully saturated rings. The molecular weight excluding hydrogens is 328 g/mol. The van der Waals surface area contributed by atoms with Crippen molar-refractivity contribution in [3.05, 3.63) is 34.3 Å². The van der Waals surface area contributed by atoms with Crippen molar-refractivity contribution in [2.24, 2.45) is 0 Å². The zero-order valence-electron chi connectivity index (χ0n) is 12.4. The summed E-state index contributed by atoms with van der Waals surface area (Å²) < 4.78 is 1.04. The SMILES string of the molecule is O=C(Cc1cccc(Br)c1)N1CCNCC12CCCCC2. The number of benzene rings is 1. The maximum atomic E-state index is 12.8. The average molecular weight is 351 g/mol. The molecule has 1 aromatic rings. The second-order valence-corrected chi connectivity index (χ2v) is 7.23. The monoisotopic (exact) mass is 350 g/mol. The molecule has 2 aliphatic rings. The summed E-state index contributed by atoms with van der Waals surface area (Å²) >= 11 is 3.48. The lowest BCUT2D eigenvalue weighted by molar-refractivity contribution is -0.140. The molecule has 3 nitrogen and oxygen atoms in total. The fraction of sp³-hybridized carbons (Fsp3) is 0.588. The highest BCUT2D eigenvalue weighted by Gasteiger charge is 2.41. The van der Waals surface area contributed by atoms with E-state index >= 15 is 0 Å². The van der Waals surface area contributed by atoms with Gasteiger partial charge in [-0.05, 0) is 30.5 Å². The molecule has 1 heterocycles. The maximum absolute atomic E-state index is 12.8.